The van der Waals surface area contributed by atoms with Crippen molar-refractivity contribution < 1.29 is 23.8 Å². The van der Waals surface area contributed by atoms with E-state index in [0.29, 0.717) is 48.8 Å². The van der Waals surface area contributed by atoms with Crippen molar-refractivity contribution in [2.75, 3.05) is 32.2 Å². The van der Waals surface area contributed by atoms with Crippen molar-refractivity contribution in [2.45, 2.75) is 33.3 Å². The van der Waals surface area contributed by atoms with Crippen LogP contribution >= 0.6 is 0 Å². The molecule has 32 heavy (non-hydrogen) atoms. The number of hydrogen-bond donors (Lipinski definition) is 1. The van der Waals surface area contributed by atoms with E-state index in [1.54, 1.807) is 31.4 Å². The summed E-state index contributed by atoms with van der Waals surface area (Å²) in [6, 6.07) is 14.4. The normalized spacial score (nSPS) is 13.8. The van der Waals surface area contributed by atoms with Gasteiger partial charge < -0.3 is 19.5 Å². The summed E-state index contributed by atoms with van der Waals surface area (Å²) in [6.07, 6.45) is 0.673. The van der Waals surface area contributed by atoms with E-state index < -0.39 is 0 Å². The van der Waals surface area contributed by atoms with Gasteiger partial charge >= 0.3 is 0 Å². The number of rotatable bonds is 11. The molecule has 0 aliphatic carbocycles. The molecule has 170 valence electrons. The molecule has 0 aromatic heterocycles. The molecule has 2 aromatic rings. The summed E-state index contributed by atoms with van der Waals surface area (Å²) in [5.74, 6) is 0.746. The first-order chi connectivity index (χ1) is 15.4. The highest BCUT2D eigenvalue weighted by molar-refractivity contribution is 6.36. The number of benzene rings is 2. The summed E-state index contributed by atoms with van der Waals surface area (Å²) in [7, 11) is 1.58. The number of ether oxygens (including phenoxy) is 3. The summed E-state index contributed by atoms with van der Waals surface area (Å²) in [6.45, 7) is 7.17. The SMILES string of the molecule is CCOc1ccc(NC2=C(c3ccc(OC)cc3)C(=O)N(CCCOC(C)C)C2=O)cc1. The first-order valence-electron chi connectivity index (χ1n) is 10.8. The molecule has 1 aliphatic rings. The molecule has 7 nitrogen and oxygen atoms in total. The molecule has 1 N–H and O–H groups in total. The molecule has 7 heteroatoms. The predicted octanol–water partition coefficient (Wildman–Crippen LogP) is 4.10. The summed E-state index contributed by atoms with van der Waals surface area (Å²) in [5, 5.41) is 3.16. The first-order valence-corrected chi connectivity index (χ1v) is 10.8. The Labute approximate surface area is 189 Å². The number of nitrogens with zero attached hydrogens (tertiary/aromatic N) is 1. The zero-order valence-electron chi connectivity index (χ0n) is 19.0. The highest BCUT2D eigenvalue weighted by Crippen LogP contribution is 2.32. The van der Waals surface area contributed by atoms with Crippen molar-refractivity contribution in [3.63, 3.8) is 0 Å². The molecule has 3 rings (SSSR count). The fraction of sp³-hybridized carbons (Fsp3) is 0.360. The van der Waals surface area contributed by atoms with Gasteiger partial charge in [0.05, 0.1) is 25.4 Å². The second-order valence-corrected chi connectivity index (χ2v) is 7.60. The van der Waals surface area contributed by atoms with E-state index in [-0.39, 0.29) is 23.6 Å². The number of nitrogens with one attached hydrogen (secondary N) is 1. The van der Waals surface area contributed by atoms with Crippen LogP contribution < -0.4 is 14.8 Å². The summed E-state index contributed by atoms with van der Waals surface area (Å²) in [4.78, 5) is 27.8. The Morgan fingerprint density at radius 2 is 1.59 bits per heavy atom. The van der Waals surface area contributed by atoms with E-state index in [9.17, 15) is 9.59 Å². The maximum absolute atomic E-state index is 13.3. The molecule has 1 aliphatic heterocycles. The van der Waals surface area contributed by atoms with Crippen LogP contribution in [0.3, 0.4) is 0 Å². The minimum atomic E-state index is -0.348. The van der Waals surface area contributed by atoms with Crippen LogP contribution in [-0.4, -0.2) is 49.7 Å². The molecule has 0 spiro atoms. The third kappa shape index (κ3) is 5.48. The van der Waals surface area contributed by atoms with Crippen molar-refractivity contribution in [3.8, 4) is 11.5 Å². The Balaban J connectivity index is 1.87. The second kappa shape index (κ2) is 10.8. The van der Waals surface area contributed by atoms with Gasteiger partial charge in [-0.15, -0.1) is 0 Å². The van der Waals surface area contributed by atoms with Gasteiger partial charge in [0.15, 0.2) is 0 Å². The monoisotopic (exact) mass is 438 g/mol. The molecule has 0 saturated heterocycles. The van der Waals surface area contributed by atoms with Gasteiger partial charge in [-0.1, -0.05) is 12.1 Å². The van der Waals surface area contributed by atoms with E-state index >= 15 is 0 Å². The topological polar surface area (TPSA) is 77.1 Å². The van der Waals surface area contributed by atoms with Crippen molar-refractivity contribution in [2.24, 2.45) is 0 Å². The Kier molecular flexibility index (Phi) is 7.89. The number of amides is 2. The van der Waals surface area contributed by atoms with Crippen LogP contribution in [0.5, 0.6) is 11.5 Å². The Morgan fingerprint density at radius 1 is 0.938 bits per heavy atom. The second-order valence-electron chi connectivity index (χ2n) is 7.60. The molecule has 2 amide bonds. The third-order valence-corrected chi connectivity index (χ3v) is 4.96. The largest absolute Gasteiger partial charge is 0.497 e. The van der Waals surface area contributed by atoms with Gasteiger partial charge in [0.1, 0.15) is 17.2 Å². The predicted molar refractivity (Wildman–Crippen MR) is 124 cm³/mol. The molecule has 0 atom stereocenters. The van der Waals surface area contributed by atoms with Crippen LogP contribution in [0.15, 0.2) is 54.2 Å². The fourth-order valence-electron chi connectivity index (χ4n) is 3.41. The number of hydrogen-bond acceptors (Lipinski definition) is 6. The molecule has 0 saturated carbocycles. The van der Waals surface area contributed by atoms with Gasteiger partial charge in [-0.25, -0.2) is 0 Å². The minimum absolute atomic E-state index is 0.102. The lowest BCUT2D eigenvalue weighted by atomic mass is 10.0. The first kappa shape index (κ1) is 23.3. The maximum atomic E-state index is 13.3. The summed E-state index contributed by atoms with van der Waals surface area (Å²) < 4.78 is 16.3. The van der Waals surface area contributed by atoms with Crippen LogP contribution in [0.1, 0.15) is 32.8 Å². The number of imide groups is 1. The van der Waals surface area contributed by atoms with Crippen molar-refractivity contribution in [1.82, 2.24) is 4.90 Å². The van der Waals surface area contributed by atoms with Crippen LogP contribution in [0.25, 0.3) is 5.57 Å². The number of carbonyl (C=O) groups excluding carboxylic acids is 2. The van der Waals surface area contributed by atoms with Gasteiger partial charge in [0.25, 0.3) is 11.8 Å². The molecular weight excluding hydrogens is 408 g/mol. The minimum Gasteiger partial charge on any atom is -0.497 e. The lowest BCUT2D eigenvalue weighted by molar-refractivity contribution is -0.137. The summed E-state index contributed by atoms with van der Waals surface area (Å²) in [5.41, 5.74) is 1.95. The zero-order chi connectivity index (χ0) is 23.1. The fourth-order valence-corrected chi connectivity index (χ4v) is 3.41. The number of carbonyl (C=O) groups is 2. The average Bonchev–Trinajstić information content (AvgIpc) is 3.02. The lowest BCUT2D eigenvalue weighted by Gasteiger charge is -2.16. The van der Waals surface area contributed by atoms with E-state index in [1.807, 2.05) is 45.0 Å². The number of anilines is 1. The molecular formula is C25H30N2O5. The van der Waals surface area contributed by atoms with Crippen molar-refractivity contribution in [3.05, 3.63) is 59.8 Å². The van der Waals surface area contributed by atoms with Crippen molar-refractivity contribution >= 4 is 23.1 Å². The molecule has 1 heterocycles. The standard InChI is InChI=1S/C25H30N2O5/c1-5-31-21-13-9-19(10-14-21)26-23-22(18-7-11-20(30-4)12-8-18)24(28)27(25(23)29)15-6-16-32-17(2)3/h7-14,17,26H,5-6,15-16H2,1-4H3. The van der Waals surface area contributed by atoms with Gasteiger partial charge in [0, 0.05) is 18.8 Å². The van der Waals surface area contributed by atoms with Crippen LogP contribution in [0.4, 0.5) is 5.69 Å². The average molecular weight is 439 g/mol. The Hall–Kier alpha value is -3.32. The van der Waals surface area contributed by atoms with Gasteiger partial charge in [0.2, 0.25) is 0 Å². The van der Waals surface area contributed by atoms with Gasteiger partial charge in [-0.3, -0.25) is 14.5 Å². The van der Waals surface area contributed by atoms with Crippen molar-refractivity contribution in [1.29, 1.82) is 0 Å². The Morgan fingerprint density at radius 3 is 2.19 bits per heavy atom. The molecule has 0 radical (unpaired) electrons. The van der Waals surface area contributed by atoms with E-state index in [1.165, 1.54) is 4.90 Å². The van der Waals surface area contributed by atoms with E-state index in [2.05, 4.69) is 5.32 Å². The third-order valence-electron chi connectivity index (χ3n) is 4.96. The maximum Gasteiger partial charge on any atom is 0.278 e. The zero-order valence-corrected chi connectivity index (χ0v) is 19.0. The molecule has 0 fully saturated rings. The van der Waals surface area contributed by atoms with Gasteiger partial charge in [-0.05, 0) is 69.2 Å². The van der Waals surface area contributed by atoms with Crippen LogP contribution in [0, 0.1) is 0 Å². The van der Waals surface area contributed by atoms with E-state index in [0.717, 1.165) is 5.75 Å². The quantitative estimate of drug-likeness (QED) is 0.420. The van der Waals surface area contributed by atoms with Crippen LogP contribution in [0.2, 0.25) is 0 Å². The highest BCUT2D eigenvalue weighted by Gasteiger charge is 2.38. The smallest absolute Gasteiger partial charge is 0.278 e. The van der Waals surface area contributed by atoms with E-state index in [4.69, 9.17) is 14.2 Å². The molecule has 0 bridgehead atoms. The molecule has 0 unspecified atom stereocenters. The Bertz CT molecular complexity index is 965. The lowest BCUT2D eigenvalue weighted by Crippen LogP contribution is -2.34. The summed E-state index contributed by atoms with van der Waals surface area (Å²) >= 11 is 0. The molecule has 2 aromatic carbocycles. The van der Waals surface area contributed by atoms with Gasteiger partial charge in [-0.2, -0.15) is 0 Å². The highest BCUT2D eigenvalue weighted by atomic mass is 16.5. The van der Waals surface area contributed by atoms with Crippen LogP contribution in [-0.2, 0) is 14.3 Å². The number of methoxy groups -OCH3 is 1.